The van der Waals surface area contributed by atoms with Crippen LogP contribution in [0.1, 0.15) is 21.7 Å². The Morgan fingerprint density at radius 3 is 2.71 bits per heavy atom. The molecule has 2 heterocycles. The topological polar surface area (TPSA) is 84.8 Å². The fourth-order valence-electron chi connectivity index (χ4n) is 2.44. The Hall–Kier alpha value is -3.09. The largest absolute Gasteiger partial charge is 0.497 e. The summed E-state index contributed by atoms with van der Waals surface area (Å²) in [6.07, 6.45) is 1.89. The summed E-state index contributed by atoms with van der Waals surface area (Å²) in [5.41, 5.74) is 3.93. The Bertz CT molecular complexity index is 848. The highest BCUT2D eigenvalue weighted by Crippen LogP contribution is 2.21. The van der Waals surface area contributed by atoms with Crippen LogP contribution < -0.4 is 10.1 Å². The van der Waals surface area contributed by atoms with E-state index in [-0.39, 0.29) is 5.91 Å². The van der Waals surface area contributed by atoms with Gasteiger partial charge in [0.1, 0.15) is 11.4 Å². The SMILES string of the molecule is COc1ccc(-c2cc(C(=O)NCc3cn(C)nc3C)[nH]n2)cc1. The molecular weight excluding hydrogens is 306 g/mol. The molecule has 24 heavy (non-hydrogen) atoms. The number of hydrogen-bond donors (Lipinski definition) is 2. The molecule has 0 aliphatic heterocycles. The van der Waals surface area contributed by atoms with Crippen molar-refractivity contribution in [3.63, 3.8) is 0 Å². The molecule has 0 bridgehead atoms. The third-order valence-corrected chi connectivity index (χ3v) is 3.76. The normalized spacial score (nSPS) is 10.6. The van der Waals surface area contributed by atoms with Crippen LogP contribution in [0.2, 0.25) is 0 Å². The summed E-state index contributed by atoms with van der Waals surface area (Å²) in [5, 5.41) is 14.1. The molecule has 1 amide bonds. The zero-order valence-electron chi connectivity index (χ0n) is 13.8. The average Bonchev–Trinajstić information content (AvgIpc) is 3.19. The lowest BCUT2D eigenvalue weighted by Crippen LogP contribution is -2.23. The molecule has 0 fully saturated rings. The monoisotopic (exact) mass is 325 g/mol. The molecule has 3 rings (SSSR count). The number of nitrogens with zero attached hydrogens (tertiary/aromatic N) is 3. The molecule has 0 aliphatic carbocycles. The van der Waals surface area contributed by atoms with Crippen molar-refractivity contribution in [1.82, 2.24) is 25.3 Å². The van der Waals surface area contributed by atoms with Gasteiger partial charge in [0.05, 0.1) is 18.5 Å². The Balaban J connectivity index is 1.67. The van der Waals surface area contributed by atoms with Crippen molar-refractivity contribution in [1.29, 1.82) is 0 Å². The number of ether oxygens (including phenoxy) is 1. The smallest absolute Gasteiger partial charge is 0.269 e. The number of rotatable bonds is 5. The Labute approximate surface area is 139 Å². The molecule has 7 nitrogen and oxygen atoms in total. The maximum absolute atomic E-state index is 12.3. The number of hydrogen-bond acceptors (Lipinski definition) is 4. The molecule has 124 valence electrons. The van der Waals surface area contributed by atoms with Crippen LogP contribution in [0.4, 0.5) is 0 Å². The number of amides is 1. The number of aromatic amines is 1. The lowest BCUT2D eigenvalue weighted by molar-refractivity contribution is 0.0946. The summed E-state index contributed by atoms with van der Waals surface area (Å²) in [6, 6.07) is 9.24. The maximum Gasteiger partial charge on any atom is 0.269 e. The van der Waals surface area contributed by atoms with Crippen molar-refractivity contribution in [3.8, 4) is 17.0 Å². The van der Waals surface area contributed by atoms with Crippen LogP contribution in [0, 0.1) is 6.92 Å². The summed E-state index contributed by atoms with van der Waals surface area (Å²) < 4.78 is 6.87. The maximum atomic E-state index is 12.3. The second-order valence-corrected chi connectivity index (χ2v) is 5.49. The van der Waals surface area contributed by atoms with E-state index in [9.17, 15) is 4.79 Å². The van der Waals surface area contributed by atoms with E-state index in [0.29, 0.717) is 17.9 Å². The minimum atomic E-state index is -0.203. The molecule has 0 aliphatic rings. The molecule has 0 atom stereocenters. The second kappa shape index (κ2) is 6.57. The number of carbonyl (C=O) groups is 1. The summed E-state index contributed by atoms with van der Waals surface area (Å²) >= 11 is 0. The van der Waals surface area contributed by atoms with Crippen molar-refractivity contribution in [2.45, 2.75) is 13.5 Å². The van der Waals surface area contributed by atoms with E-state index in [1.807, 2.05) is 44.4 Å². The first-order valence-corrected chi connectivity index (χ1v) is 7.54. The van der Waals surface area contributed by atoms with E-state index in [1.165, 1.54) is 0 Å². The Morgan fingerprint density at radius 1 is 1.33 bits per heavy atom. The summed E-state index contributed by atoms with van der Waals surface area (Å²) in [4.78, 5) is 12.3. The molecule has 1 aromatic carbocycles. The van der Waals surface area contributed by atoms with Gasteiger partial charge in [0.15, 0.2) is 0 Å². The number of benzene rings is 1. The van der Waals surface area contributed by atoms with Gasteiger partial charge < -0.3 is 10.1 Å². The number of carbonyl (C=O) groups excluding carboxylic acids is 1. The molecule has 0 spiro atoms. The van der Waals surface area contributed by atoms with Gasteiger partial charge in [0.2, 0.25) is 0 Å². The molecule has 0 saturated carbocycles. The van der Waals surface area contributed by atoms with Crippen molar-refractivity contribution < 1.29 is 9.53 Å². The molecule has 0 unspecified atom stereocenters. The van der Waals surface area contributed by atoms with Crippen molar-refractivity contribution in [2.75, 3.05) is 7.11 Å². The zero-order valence-corrected chi connectivity index (χ0v) is 13.8. The highest BCUT2D eigenvalue weighted by molar-refractivity contribution is 5.93. The Kier molecular flexibility index (Phi) is 4.33. The van der Waals surface area contributed by atoms with E-state index in [2.05, 4.69) is 20.6 Å². The second-order valence-electron chi connectivity index (χ2n) is 5.49. The van der Waals surface area contributed by atoms with Gasteiger partial charge in [-0.2, -0.15) is 10.2 Å². The summed E-state index contributed by atoms with van der Waals surface area (Å²) in [7, 11) is 3.48. The third-order valence-electron chi connectivity index (χ3n) is 3.76. The average molecular weight is 325 g/mol. The predicted octanol–water partition coefficient (Wildman–Crippen LogP) is 2.06. The first-order valence-electron chi connectivity index (χ1n) is 7.54. The minimum absolute atomic E-state index is 0.203. The van der Waals surface area contributed by atoms with Crippen LogP contribution in [0.15, 0.2) is 36.5 Å². The molecule has 7 heteroatoms. The van der Waals surface area contributed by atoms with Crippen molar-refractivity contribution in [3.05, 3.63) is 53.5 Å². The van der Waals surface area contributed by atoms with Crippen molar-refractivity contribution >= 4 is 5.91 Å². The lowest BCUT2D eigenvalue weighted by atomic mass is 10.1. The minimum Gasteiger partial charge on any atom is -0.497 e. The number of H-pyrrole nitrogens is 1. The van der Waals surface area contributed by atoms with Gasteiger partial charge in [-0.05, 0) is 37.3 Å². The number of aryl methyl sites for hydroxylation is 2. The van der Waals surface area contributed by atoms with Gasteiger partial charge in [0, 0.05) is 30.9 Å². The van der Waals surface area contributed by atoms with Gasteiger partial charge in [0.25, 0.3) is 5.91 Å². The van der Waals surface area contributed by atoms with Crippen LogP contribution in [-0.2, 0) is 13.6 Å². The van der Waals surface area contributed by atoms with Gasteiger partial charge in [-0.15, -0.1) is 0 Å². The van der Waals surface area contributed by atoms with Crippen LogP contribution in [0.5, 0.6) is 5.75 Å². The van der Waals surface area contributed by atoms with Crippen molar-refractivity contribution in [2.24, 2.45) is 7.05 Å². The standard InChI is InChI=1S/C17H19N5O2/c1-11-13(10-22(2)21-11)9-18-17(23)16-8-15(19-20-16)12-4-6-14(24-3)7-5-12/h4-8,10H,9H2,1-3H3,(H,18,23)(H,19,20). The lowest BCUT2D eigenvalue weighted by Gasteiger charge is -2.02. The van der Waals surface area contributed by atoms with Crippen LogP contribution in [0.25, 0.3) is 11.3 Å². The summed E-state index contributed by atoms with van der Waals surface area (Å²) in [6.45, 7) is 2.34. The molecule has 3 aromatic rings. The van der Waals surface area contributed by atoms with E-state index >= 15 is 0 Å². The highest BCUT2D eigenvalue weighted by atomic mass is 16.5. The van der Waals surface area contributed by atoms with E-state index in [1.54, 1.807) is 17.9 Å². The van der Waals surface area contributed by atoms with Gasteiger partial charge in [-0.1, -0.05) is 0 Å². The zero-order chi connectivity index (χ0) is 17.1. The van der Waals surface area contributed by atoms with E-state index in [0.717, 1.165) is 22.6 Å². The van der Waals surface area contributed by atoms with E-state index in [4.69, 9.17) is 4.74 Å². The highest BCUT2D eigenvalue weighted by Gasteiger charge is 2.12. The van der Waals surface area contributed by atoms with Crippen LogP contribution in [0.3, 0.4) is 0 Å². The molecule has 2 N–H and O–H groups in total. The molecule has 0 saturated heterocycles. The van der Waals surface area contributed by atoms with Crippen LogP contribution >= 0.6 is 0 Å². The van der Waals surface area contributed by atoms with E-state index < -0.39 is 0 Å². The number of aromatic nitrogens is 4. The third kappa shape index (κ3) is 3.29. The molecular formula is C17H19N5O2. The first kappa shape index (κ1) is 15.8. The molecule has 2 aromatic heterocycles. The molecule has 0 radical (unpaired) electrons. The quantitative estimate of drug-likeness (QED) is 0.752. The Morgan fingerprint density at radius 2 is 2.08 bits per heavy atom. The predicted molar refractivity (Wildman–Crippen MR) is 89.7 cm³/mol. The first-order chi connectivity index (χ1) is 11.6. The van der Waals surface area contributed by atoms with Crippen LogP contribution in [-0.4, -0.2) is 33.0 Å². The fourth-order valence-corrected chi connectivity index (χ4v) is 2.44. The summed E-state index contributed by atoms with van der Waals surface area (Å²) in [5.74, 6) is 0.574. The van der Waals surface area contributed by atoms with Gasteiger partial charge in [-0.25, -0.2) is 0 Å². The van der Waals surface area contributed by atoms with Gasteiger partial charge >= 0.3 is 0 Å². The fraction of sp³-hybridized carbons (Fsp3) is 0.235. The number of nitrogens with one attached hydrogen (secondary N) is 2. The van der Waals surface area contributed by atoms with Gasteiger partial charge in [-0.3, -0.25) is 14.6 Å². The number of methoxy groups -OCH3 is 1.